The molecule has 1 N–H and O–H groups in total. The highest BCUT2D eigenvalue weighted by atomic mass is 79.9. The molecule has 0 spiro atoms. The number of carbonyl (C=O) groups is 2. The van der Waals surface area contributed by atoms with Crippen molar-refractivity contribution in [1.82, 2.24) is 10.2 Å². The Morgan fingerprint density at radius 2 is 1.53 bits per heavy atom. The van der Waals surface area contributed by atoms with Crippen LogP contribution >= 0.6 is 15.9 Å². The van der Waals surface area contributed by atoms with Crippen LogP contribution in [-0.4, -0.2) is 50.9 Å². The van der Waals surface area contributed by atoms with Gasteiger partial charge < -0.3 is 15.0 Å². The summed E-state index contributed by atoms with van der Waals surface area (Å²) in [5.74, 6) is -0.0357. The fraction of sp³-hybridized carbons (Fsp3) is 0.297. The van der Waals surface area contributed by atoms with Gasteiger partial charge in [0.25, 0.3) is 10.0 Å². The van der Waals surface area contributed by atoms with Crippen molar-refractivity contribution in [2.24, 2.45) is 5.92 Å². The highest BCUT2D eigenvalue weighted by Gasteiger charge is 2.34. The van der Waals surface area contributed by atoms with Crippen molar-refractivity contribution in [3.05, 3.63) is 124 Å². The minimum atomic E-state index is -4.21. The maximum Gasteiger partial charge on any atom is 0.264 e. The van der Waals surface area contributed by atoms with Gasteiger partial charge in [-0.1, -0.05) is 89.9 Å². The van der Waals surface area contributed by atoms with Crippen LogP contribution in [0.1, 0.15) is 37.5 Å². The molecule has 0 saturated carbocycles. The second kappa shape index (κ2) is 16.6. The number of amides is 2. The van der Waals surface area contributed by atoms with Crippen LogP contribution in [-0.2, 0) is 32.6 Å². The number of ether oxygens (including phenoxy) is 1. The minimum absolute atomic E-state index is 0.0307. The maximum atomic E-state index is 14.6. The SMILES string of the molecule is CCOc1ccc(N(CC(=O)N(Cc2cccc(C)c2)C(Cc2ccccc2)C(=O)NCC(C)C)S(=O)(=O)c2ccc(Br)cc2)cc1. The summed E-state index contributed by atoms with van der Waals surface area (Å²) in [5, 5.41) is 3.02. The molecule has 0 fully saturated rings. The molecule has 0 bridgehead atoms. The van der Waals surface area contributed by atoms with Crippen molar-refractivity contribution in [3.8, 4) is 5.75 Å². The third-order valence-electron chi connectivity index (χ3n) is 7.51. The van der Waals surface area contributed by atoms with E-state index in [1.165, 1.54) is 17.0 Å². The van der Waals surface area contributed by atoms with E-state index in [2.05, 4.69) is 21.2 Å². The molecule has 2 amide bonds. The quantitative estimate of drug-likeness (QED) is 0.147. The molecule has 0 aromatic heterocycles. The highest BCUT2D eigenvalue weighted by molar-refractivity contribution is 9.10. The topological polar surface area (TPSA) is 96.0 Å². The van der Waals surface area contributed by atoms with Crippen molar-refractivity contribution in [2.45, 2.75) is 51.6 Å². The molecule has 4 rings (SSSR count). The van der Waals surface area contributed by atoms with Crippen LogP contribution in [0.4, 0.5) is 5.69 Å². The van der Waals surface area contributed by atoms with Gasteiger partial charge in [-0.2, -0.15) is 0 Å². The largest absolute Gasteiger partial charge is 0.494 e. The van der Waals surface area contributed by atoms with Crippen LogP contribution in [0.25, 0.3) is 0 Å². The van der Waals surface area contributed by atoms with Crippen LogP contribution in [0.2, 0.25) is 0 Å². The monoisotopic (exact) mass is 719 g/mol. The molecule has 4 aromatic carbocycles. The Hall–Kier alpha value is -4.15. The number of benzene rings is 4. The number of anilines is 1. The molecule has 0 radical (unpaired) electrons. The zero-order valence-electron chi connectivity index (χ0n) is 27.2. The third kappa shape index (κ3) is 9.92. The Labute approximate surface area is 286 Å². The fourth-order valence-electron chi connectivity index (χ4n) is 5.12. The number of nitrogens with zero attached hydrogens (tertiary/aromatic N) is 2. The Balaban J connectivity index is 1.80. The standard InChI is InChI=1S/C37H42BrN3O5S/c1-5-46-33-18-16-32(17-19-33)41(47(44,45)34-20-14-31(38)15-21-34)26-36(42)40(25-30-13-9-10-28(4)22-30)35(37(43)39-24-27(2)3)23-29-11-7-6-8-12-29/h6-22,27,35H,5,23-26H2,1-4H3,(H,39,43). The number of hydrogen-bond donors (Lipinski definition) is 1. The number of hydrogen-bond acceptors (Lipinski definition) is 5. The number of carbonyl (C=O) groups excluding carboxylic acids is 2. The normalized spacial score (nSPS) is 12.0. The van der Waals surface area contributed by atoms with Gasteiger partial charge in [0.2, 0.25) is 11.8 Å². The summed E-state index contributed by atoms with van der Waals surface area (Å²) in [5.41, 5.74) is 3.01. The summed E-state index contributed by atoms with van der Waals surface area (Å²) in [7, 11) is -4.21. The molecule has 0 saturated heterocycles. The molecular weight excluding hydrogens is 678 g/mol. The van der Waals surface area contributed by atoms with E-state index in [4.69, 9.17) is 4.74 Å². The zero-order chi connectivity index (χ0) is 34.0. The van der Waals surface area contributed by atoms with Crippen molar-refractivity contribution < 1.29 is 22.7 Å². The van der Waals surface area contributed by atoms with Crippen LogP contribution in [0.5, 0.6) is 5.75 Å². The molecule has 47 heavy (non-hydrogen) atoms. The number of aryl methyl sites for hydroxylation is 1. The maximum absolute atomic E-state index is 14.6. The van der Waals surface area contributed by atoms with E-state index in [0.29, 0.717) is 24.6 Å². The van der Waals surface area contributed by atoms with Gasteiger partial charge in [-0.15, -0.1) is 0 Å². The molecule has 0 aliphatic rings. The van der Waals surface area contributed by atoms with E-state index in [-0.39, 0.29) is 29.7 Å². The molecule has 8 nitrogen and oxygen atoms in total. The van der Waals surface area contributed by atoms with Gasteiger partial charge in [-0.25, -0.2) is 8.42 Å². The van der Waals surface area contributed by atoms with Gasteiger partial charge in [0.15, 0.2) is 0 Å². The van der Waals surface area contributed by atoms with Crippen molar-refractivity contribution >= 4 is 43.5 Å². The molecule has 4 aromatic rings. The molecule has 1 atom stereocenters. The Bertz CT molecular complexity index is 1730. The Morgan fingerprint density at radius 1 is 0.872 bits per heavy atom. The number of rotatable bonds is 15. The summed E-state index contributed by atoms with van der Waals surface area (Å²) in [6.07, 6.45) is 0.255. The molecule has 248 valence electrons. The van der Waals surface area contributed by atoms with E-state index in [0.717, 1.165) is 25.5 Å². The number of sulfonamides is 1. The molecule has 0 aliphatic heterocycles. The molecule has 1 unspecified atom stereocenters. The first-order valence-electron chi connectivity index (χ1n) is 15.7. The van der Waals surface area contributed by atoms with Gasteiger partial charge >= 0.3 is 0 Å². The van der Waals surface area contributed by atoms with Crippen LogP contribution < -0.4 is 14.4 Å². The fourth-order valence-corrected chi connectivity index (χ4v) is 6.80. The molecule has 0 heterocycles. The first-order valence-corrected chi connectivity index (χ1v) is 17.9. The first-order chi connectivity index (χ1) is 22.5. The average molecular weight is 721 g/mol. The lowest BCUT2D eigenvalue weighted by Gasteiger charge is -2.34. The van der Waals surface area contributed by atoms with Gasteiger partial charge in [-0.3, -0.25) is 13.9 Å². The average Bonchev–Trinajstić information content (AvgIpc) is 3.05. The van der Waals surface area contributed by atoms with Crippen molar-refractivity contribution in [3.63, 3.8) is 0 Å². The molecular formula is C37H42BrN3O5S. The van der Waals surface area contributed by atoms with Crippen LogP contribution in [0, 0.1) is 12.8 Å². The van der Waals surface area contributed by atoms with Gasteiger partial charge in [0, 0.05) is 24.0 Å². The Kier molecular flexibility index (Phi) is 12.6. The lowest BCUT2D eigenvalue weighted by atomic mass is 10.0. The van der Waals surface area contributed by atoms with Crippen LogP contribution in [0.3, 0.4) is 0 Å². The lowest BCUT2D eigenvalue weighted by Crippen LogP contribution is -2.53. The second-order valence-corrected chi connectivity index (χ2v) is 14.5. The van der Waals surface area contributed by atoms with Gasteiger partial charge in [0.05, 0.1) is 17.2 Å². The van der Waals surface area contributed by atoms with E-state index in [1.54, 1.807) is 36.4 Å². The summed E-state index contributed by atoms with van der Waals surface area (Å²) >= 11 is 3.37. The zero-order valence-corrected chi connectivity index (χ0v) is 29.6. The second-order valence-electron chi connectivity index (χ2n) is 11.7. The number of halogens is 1. The minimum Gasteiger partial charge on any atom is -0.494 e. The predicted octanol–water partition coefficient (Wildman–Crippen LogP) is 6.76. The summed E-state index contributed by atoms with van der Waals surface area (Å²) in [6, 6.07) is 29.2. The molecule has 10 heteroatoms. The first kappa shape index (κ1) is 35.7. The van der Waals surface area contributed by atoms with Gasteiger partial charge in [-0.05, 0) is 79.4 Å². The smallest absolute Gasteiger partial charge is 0.264 e. The van der Waals surface area contributed by atoms with E-state index < -0.39 is 28.5 Å². The van der Waals surface area contributed by atoms with Crippen molar-refractivity contribution in [2.75, 3.05) is 24.0 Å². The highest BCUT2D eigenvalue weighted by Crippen LogP contribution is 2.28. The van der Waals surface area contributed by atoms with Crippen LogP contribution in [0.15, 0.2) is 112 Å². The summed E-state index contributed by atoms with van der Waals surface area (Å²) in [4.78, 5) is 30.0. The van der Waals surface area contributed by atoms with E-state index >= 15 is 0 Å². The van der Waals surface area contributed by atoms with E-state index in [1.807, 2.05) is 82.3 Å². The third-order valence-corrected chi connectivity index (χ3v) is 9.82. The van der Waals surface area contributed by atoms with E-state index in [9.17, 15) is 18.0 Å². The van der Waals surface area contributed by atoms with Crippen molar-refractivity contribution in [1.29, 1.82) is 0 Å². The predicted molar refractivity (Wildman–Crippen MR) is 190 cm³/mol. The number of nitrogens with one attached hydrogen (secondary N) is 1. The summed E-state index contributed by atoms with van der Waals surface area (Å²) in [6.45, 7) is 8.31. The summed E-state index contributed by atoms with van der Waals surface area (Å²) < 4.78 is 35.8. The molecule has 0 aliphatic carbocycles. The lowest BCUT2D eigenvalue weighted by molar-refractivity contribution is -0.140. The Morgan fingerprint density at radius 3 is 2.15 bits per heavy atom. The van der Waals surface area contributed by atoms with Gasteiger partial charge in [0.1, 0.15) is 18.3 Å².